The third-order valence-corrected chi connectivity index (χ3v) is 7.16. The van der Waals surface area contributed by atoms with E-state index in [1.807, 2.05) is 29.2 Å². The second kappa shape index (κ2) is 7.63. The van der Waals surface area contributed by atoms with Gasteiger partial charge in [0.1, 0.15) is 5.76 Å². The SMILES string of the molecule is O=C1CC(C(=O)N2CCC(c3nc4ccccc4s3)CC2)CN1Cc1ccco1. The summed E-state index contributed by atoms with van der Waals surface area (Å²) in [6.07, 6.45) is 3.77. The predicted octanol–water partition coefficient (Wildman–Crippen LogP) is 3.64. The van der Waals surface area contributed by atoms with Crippen LogP contribution in [-0.4, -0.2) is 46.2 Å². The predicted molar refractivity (Wildman–Crippen MR) is 110 cm³/mol. The molecule has 2 amide bonds. The highest BCUT2D eigenvalue weighted by Crippen LogP contribution is 2.34. The Hall–Kier alpha value is -2.67. The zero-order chi connectivity index (χ0) is 19.8. The van der Waals surface area contributed by atoms with Crippen LogP contribution in [0.2, 0.25) is 0 Å². The van der Waals surface area contributed by atoms with Crippen LogP contribution in [0, 0.1) is 5.92 Å². The highest BCUT2D eigenvalue weighted by Gasteiger charge is 2.38. The third-order valence-electron chi connectivity index (χ3n) is 5.96. The Balaban J connectivity index is 1.18. The molecular weight excluding hydrogens is 386 g/mol. The Morgan fingerprint density at radius 3 is 2.76 bits per heavy atom. The summed E-state index contributed by atoms with van der Waals surface area (Å²) in [6, 6.07) is 11.9. The molecule has 0 aliphatic carbocycles. The highest BCUT2D eigenvalue weighted by molar-refractivity contribution is 7.18. The number of nitrogens with zero attached hydrogens (tertiary/aromatic N) is 3. The standard InChI is InChI=1S/C22H23N3O3S/c26-20-12-16(13-25(20)14-17-4-3-11-28-17)22(27)24-9-7-15(8-10-24)21-23-18-5-1-2-6-19(18)29-21/h1-6,11,15-16H,7-10,12-14H2. The minimum atomic E-state index is -0.239. The number of aromatic nitrogens is 1. The maximum absolute atomic E-state index is 13.0. The largest absolute Gasteiger partial charge is 0.467 e. The van der Waals surface area contributed by atoms with Gasteiger partial charge in [-0.25, -0.2) is 4.98 Å². The van der Waals surface area contributed by atoms with Crippen molar-refractivity contribution in [3.63, 3.8) is 0 Å². The number of thiazole rings is 1. The van der Waals surface area contributed by atoms with Gasteiger partial charge in [0.05, 0.1) is 34.0 Å². The number of fused-ring (bicyclic) bond motifs is 1. The lowest BCUT2D eigenvalue weighted by atomic mass is 9.96. The van der Waals surface area contributed by atoms with Gasteiger partial charge in [0, 0.05) is 32.0 Å². The van der Waals surface area contributed by atoms with Crippen LogP contribution in [0.5, 0.6) is 0 Å². The summed E-state index contributed by atoms with van der Waals surface area (Å²) in [5.74, 6) is 1.07. The van der Waals surface area contributed by atoms with Gasteiger partial charge in [0.15, 0.2) is 0 Å². The Morgan fingerprint density at radius 2 is 2.00 bits per heavy atom. The molecule has 7 heteroatoms. The van der Waals surface area contributed by atoms with E-state index in [2.05, 4.69) is 12.1 Å². The van der Waals surface area contributed by atoms with Crippen LogP contribution in [0.25, 0.3) is 10.2 Å². The quantitative estimate of drug-likeness (QED) is 0.660. The fourth-order valence-electron chi connectivity index (χ4n) is 4.35. The van der Waals surface area contributed by atoms with Crippen molar-refractivity contribution in [1.29, 1.82) is 0 Å². The van der Waals surface area contributed by atoms with Crippen LogP contribution in [-0.2, 0) is 16.1 Å². The first-order chi connectivity index (χ1) is 14.2. The molecule has 150 valence electrons. The maximum Gasteiger partial charge on any atom is 0.227 e. The number of hydrogen-bond donors (Lipinski definition) is 0. The first kappa shape index (κ1) is 18.4. The van der Waals surface area contributed by atoms with Crippen molar-refractivity contribution in [2.24, 2.45) is 5.92 Å². The van der Waals surface area contributed by atoms with E-state index in [0.717, 1.165) is 37.2 Å². The van der Waals surface area contributed by atoms with Crippen LogP contribution in [0.15, 0.2) is 47.1 Å². The van der Waals surface area contributed by atoms with Gasteiger partial charge < -0.3 is 14.2 Å². The smallest absolute Gasteiger partial charge is 0.227 e. The monoisotopic (exact) mass is 409 g/mol. The van der Waals surface area contributed by atoms with Gasteiger partial charge in [-0.15, -0.1) is 11.3 Å². The first-order valence-electron chi connectivity index (χ1n) is 10.1. The van der Waals surface area contributed by atoms with Crippen LogP contribution in [0.3, 0.4) is 0 Å². The molecule has 1 aromatic carbocycles. The number of amides is 2. The molecule has 4 heterocycles. The molecule has 2 fully saturated rings. The fraction of sp³-hybridized carbons (Fsp3) is 0.409. The average Bonchev–Trinajstić information content (AvgIpc) is 3.48. The highest BCUT2D eigenvalue weighted by atomic mass is 32.1. The lowest BCUT2D eigenvalue weighted by molar-refractivity contribution is -0.136. The average molecular weight is 410 g/mol. The summed E-state index contributed by atoms with van der Waals surface area (Å²) >= 11 is 1.77. The number of rotatable bonds is 4. The molecule has 0 bridgehead atoms. The molecule has 0 radical (unpaired) electrons. The number of hydrogen-bond acceptors (Lipinski definition) is 5. The zero-order valence-electron chi connectivity index (χ0n) is 16.1. The normalized spacial score (nSPS) is 20.7. The van der Waals surface area contributed by atoms with E-state index in [9.17, 15) is 9.59 Å². The molecule has 2 aliphatic rings. The Bertz CT molecular complexity index is 988. The van der Waals surface area contributed by atoms with Crippen molar-refractivity contribution in [1.82, 2.24) is 14.8 Å². The van der Waals surface area contributed by atoms with Gasteiger partial charge in [-0.3, -0.25) is 9.59 Å². The molecule has 0 saturated carbocycles. The van der Waals surface area contributed by atoms with Crippen molar-refractivity contribution >= 4 is 33.4 Å². The Kier molecular flexibility index (Phi) is 4.83. The van der Waals surface area contributed by atoms with Crippen LogP contribution in [0.1, 0.15) is 35.9 Å². The molecule has 0 N–H and O–H groups in total. The summed E-state index contributed by atoms with van der Waals surface area (Å²) in [4.78, 5) is 33.8. The Morgan fingerprint density at radius 1 is 1.17 bits per heavy atom. The van der Waals surface area contributed by atoms with Crippen LogP contribution >= 0.6 is 11.3 Å². The fourth-order valence-corrected chi connectivity index (χ4v) is 5.49. The summed E-state index contributed by atoms with van der Waals surface area (Å²) in [7, 11) is 0. The molecule has 2 aromatic heterocycles. The second-order valence-electron chi connectivity index (χ2n) is 7.87. The van der Waals surface area contributed by atoms with Crippen molar-refractivity contribution in [2.45, 2.75) is 31.7 Å². The van der Waals surface area contributed by atoms with Gasteiger partial charge in [-0.1, -0.05) is 12.1 Å². The number of piperidine rings is 1. The van der Waals surface area contributed by atoms with Gasteiger partial charge in [-0.05, 0) is 37.1 Å². The van der Waals surface area contributed by atoms with Crippen LogP contribution < -0.4 is 0 Å². The van der Waals surface area contributed by atoms with Gasteiger partial charge in [0.25, 0.3) is 0 Å². The molecular formula is C22H23N3O3S. The molecule has 1 atom stereocenters. The van der Waals surface area contributed by atoms with E-state index in [4.69, 9.17) is 9.40 Å². The minimum absolute atomic E-state index is 0.0316. The number of likely N-dealkylation sites (tertiary alicyclic amines) is 2. The van der Waals surface area contributed by atoms with E-state index in [1.165, 1.54) is 9.71 Å². The molecule has 5 rings (SSSR count). The molecule has 0 spiro atoms. The van der Waals surface area contributed by atoms with Crippen molar-refractivity contribution in [2.75, 3.05) is 19.6 Å². The maximum atomic E-state index is 13.0. The lowest BCUT2D eigenvalue weighted by Gasteiger charge is -2.32. The molecule has 1 unspecified atom stereocenters. The molecule has 29 heavy (non-hydrogen) atoms. The third kappa shape index (κ3) is 3.67. The summed E-state index contributed by atoms with van der Waals surface area (Å²) in [6.45, 7) is 2.40. The number of carbonyl (C=O) groups excluding carboxylic acids is 2. The molecule has 6 nitrogen and oxygen atoms in total. The Labute approximate surface area is 173 Å². The van der Waals surface area contributed by atoms with Crippen molar-refractivity contribution in [3.05, 3.63) is 53.4 Å². The second-order valence-corrected chi connectivity index (χ2v) is 8.94. The van der Waals surface area contributed by atoms with Gasteiger partial charge >= 0.3 is 0 Å². The topological polar surface area (TPSA) is 66.7 Å². The number of para-hydroxylation sites is 1. The van der Waals surface area contributed by atoms with Gasteiger partial charge in [-0.2, -0.15) is 0 Å². The van der Waals surface area contributed by atoms with E-state index >= 15 is 0 Å². The first-order valence-corrected chi connectivity index (χ1v) is 10.9. The number of furan rings is 1. The lowest BCUT2D eigenvalue weighted by Crippen LogP contribution is -2.42. The molecule has 3 aromatic rings. The van der Waals surface area contributed by atoms with Crippen molar-refractivity contribution in [3.8, 4) is 0 Å². The molecule has 2 aliphatic heterocycles. The number of carbonyl (C=O) groups is 2. The summed E-state index contributed by atoms with van der Waals surface area (Å²) in [5, 5.41) is 1.18. The van der Waals surface area contributed by atoms with Crippen LogP contribution in [0.4, 0.5) is 0 Å². The van der Waals surface area contributed by atoms with E-state index in [-0.39, 0.29) is 17.7 Å². The summed E-state index contributed by atoms with van der Waals surface area (Å²) in [5.41, 5.74) is 1.06. The number of benzene rings is 1. The van der Waals surface area contributed by atoms with E-state index < -0.39 is 0 Å². The van der Waals surface area contributed by atoms with Crippen molar-refractivity contribution < 1.29 is 14.0 Å². The summed E-state index contributed by atoms with van der Waals surface area (Å²) < 4.78 is 6.56. The zero-order valence-corrected chi connectivity index (χ0v) is 16.9. The molecule has 2 saturated heterocycles. The van der Waals surface area contributed by atoms with E-state index in [0.29, 0.717) is 25.4 Å². The minimum Gasteiger partial charge on any atom is -0.467 e. The van der Waals surface area contributed by atoms with E-state index in [1.54, 1.807) is 22.5 Å². The van der Waals surface area contributed by atoms with Gasteiger partial charge in [0.2, 0.25) is 11.8 Å².